The Bertz CT molecular complexity index is 855. The van der Waals surface area contributed by atoms with Crippen LogP contribution in [-0.4, -0.2) is 59.1 Å². The molecule has 1 amide bonds. The van der Waals surface area contributed by atoms with Crippen LogP contribution < -0.4 is 0 Å². The molecule has 0 aromatic carbocycles. The second-order valence-corrected chi connectivity index (χ2v) is 9.62. The summed E-state index contributed by atoms with van der Waals surface area (Å²) in [6.45, 7) is 5.13. The minimum Gasteiger partial charge on any atom is -0.337 e. The average Bonchev–Trinajstić information content (AvgIpc) is 3.37. The van der Waals surface area contributed by atoms with E-state index in [4.69, 9.17) is 4.52 Å². The van der Waals surface area contributed by atoms with Crippen molar-refractivity contribution in [3.05, 3.63) is 23.4 Å². The van der Waals surface area contributed by atoms with Gasteiger partial charge in [-0.2, -0.15) is 4.98 Å². The maximum absolute atomic E-state index is 12.9. The molecule has 0 radical (unpaired) electrons. The number of rotatable bonds is 7. The van der Waals surface area contributed by atoms with Crippen LogP contribution in [0, 0.1) is 5.92 Å². The number of carbonyl (C=O) groups excluding carboxylic acids is 1. The Morgan fingerprint density at radius 1 is 1.37 bits per heavy atom. The van der Waals surface area contributed by atoms with Gasteiger partial charge >= 0.3 is 0 Å². The molecule has 1 fully saturated rings. The van der Waals surface area contributed by atoms with Crippen molar-refractivity contribution >= 4 is 27.3 Å². The lowest BCUT2D eigenvalue weighted by atomic mass is 9.96. The summed E-state index contributed by atoms with van der Waals surface area (Å²) in [6.07, 6.45) is 1.08. The SMILES string of the molecule is CCN(Cc1nc(-c2cccs2)no1)C(=O)C1CCN(S(=O)(=O)CC)CC1. The quantitative estimate of drug-likeness (QED) is 0.692. The molecule has 2 aromatic rings. The number of thiophene rings is 1. The summed E-state index contributed by atoms with van der Waals surface area (Å²) in [5.41, 5.74) is 0. The van der Waals surface area contributed by atoms with Crippen LogP contribution in [0.2, 0.25) is 0 Å². The minimum atomic E-state index is -3.19. The van der Waals surface area contributed by atoms with E-state index in [0.29, 0.717) is 44.2 Å². The van der Waals surface area contributed by atoms with Gasteiger partial charge in [-0.3, -0.25) is 4.79 Å². The van der Waals surface area contributed by atoms with Gasteiger partial charge in [-0.05, 0) is 38.1 Å². The lowest BCUT2D eigenvalue weighted by Gasteiger charge is -2.32. The van der Waals surface area contributed by atoms with Gasteiger partial charge in [0.1, 0.15) is 0 Å². The van der Waals surface area contributed by atoms with E-state index in [2.05, 4.69) is 10.1 Å². The van der Waals surface area contributed by atoms with E-state index in [0.717, 1.165) is 4.88 Å². The molecule has 3 rings (SSSR count). The first-order chi connectivity index (χ1) is 12.9. The van der Waals surface area contributed by atoms with Crippen molar-refractivity contribution in [1.29, 1.82) is 0 Å². The highest BCUT2D eigenvalue weighted by Gasteiger charge is 2.32. The third-order valence-corrected chi connectivity index (χ3v) is 7.54. The fraction of sp³-hybridized carbons (Fsp3) is 0.588. The Balaban J connectivity index is 1.60. The van der Waals surface area contributed by atoms with Gasteiger partial charge in [-0.25, -0.2) is 12.7 Å². The molecule has 0 atom stereocenters. The first-order valence-corrected chi connectivity index (χ1v) is 11.6. The lowest BCUT2D eigenvalue weighted by molar-refractivity contribution is -0.137. The topological polar surface area (TPSA) is 96.6 Å². The van der Waals surface area contributed by atoms with Crippen LogP contribution in [-0.2, 0) is 21.4 Å². The normalized spacial score (nSPS) is 16.5. The van der Waals surface area contributed by atoms with Crippen molar-refractivity contribution in [2.24, 2.45) is 5.92 Å². The summed E-state index contributed by atoms with van der Waals surface area (Å²) in [6, 6.07) is 3.84. The van der Waals surface area contributed by atoms with E-state index >= 15 is 0 Å². The van der Waals surface area contributed by atoms with E-state index in [-0.39, 0.29) is 24.1 Å². The Morgan fingerprint density at radius 2 is 2.11 bits per heavy atom. The number of nitrogens with zero attached hydrogens (tertiary/aromatic N) is 4. The second-order valence-electron chi connectivity index (χ2n) is 6.42. The van der Waals surface area contributed by atoms with E-state index in [9.17, 15) is 13.2 Å². The zero-order valence-electron chi connectivity index (χ0n) is 15.5. The summed E-state index contributed by atoms with van der Waals surface area (Å²) in [5, 5.41) is 5.92. The van der Waals surface area contributed by atoms with Crippen LogP contribution in [0.5, 0.6) is 0 Å². The largest absolute Gasteiger partial charge is 0.337 e. The fourth-order valence-corrected chi connectivity index (χ4v) is 4.94. The molecule has 8 nitrogen and oxygen atoms in total. The van der Waals surface area contributed by atoms with Crippen molar-refractivity contribution in [2.45, 2.75) is 33.2 Å². The highest BCUT2D eigenvalue weighted by Crippen LogP contribution is 2.24. The molecule has 0 aliphatic carbocycles. The van der Waals surface area contributed by atoms with Crippen molar-refractivity contribution in [2.75, 3.05) is 25.4 Å². The van der Waals surface area contributed by atoms with Gasteiger partial charge in [0.25, 0.3) is 0 Å². The summed E-state index contributed by atoms with van der Waals surface area (Å²) < 4.78 is 30.7. The summed E-state index contributed by atoms with van der Waals surface area (Å²) in [5.74, 6) is 0.868. The van der Waals surface area contributed by atoms with Crippen LogP contribution in [0.4, 0.5) is 0 Å². The number of aromatic nitrogens is 2. The third-order valence-electron chi connectivity index (χ3n) is 4.79. The molecule has 1 aliphatic rings. The molecule has 148 valence electrons. The molecule has 2 aromatic heterocycles. The standard InChI is InChI=1S/C17H24N4O4S2/c1-3-20(12-15-18-16(19-25-15)14-6-5-11-26-14)17(22)13-7-9-21(10-8-13)27(23,24)4-2/h5-6,11,13H,3-4,7-10,12H2,1-2H3. The van der Waals surface area contributed by atoms with Crippen LogP contribution in [0.15, 0.2) is 22.0 Å². The third kappa shape index (κ3) is 4.56. The van der Waals surface area contributed by atoms with Crippen LogP contribution in [0.25, 0.3) is 10.7 Å². The maximum atomic E-state index is 12.9. The van der Waals surface area contributed by atoms with Gasteiger partial charge in [-0.15, -0.1) is 11.3 Å². The number of sulfonamides is 1. The second kappa shape index (κ2) is 8.49. The highest BCUT2D eigenvalue weighted by molar-refractivity contribution is 7.89. The predicted molar refractivity (Wildman–Crippen MR) is 102 cm³/mol. The van der Waals surface area contributed by atoms with Crippen molar-refractivity contribution in [1.82, 2.24) is 19.3 Å². The molecule has 0 N–H and O–H groups in total. The minimum absolute atomic E-state index is 0.0157. The summed E-state index contributed by atoms with van der Waals surface area (Å²) >= 11 is 1.53. The number of amides is 1. The van der Waals surface area contributed by atoms with E-state index in [1.807, 2.05) is 24.4 Å². The zero-order valence-corrected chi connectivity index (χ0v) is 17.1. The number of hydrogen-bond donors (Lipinski definition) is 0. The highest BCUT2D eigenvalue weighted by atomic mass is 32.2. The predicted octanol–water partition coefficient (Wildman–Crippen LogP) is 2.21. The number of piperidine rings is 1. The molecule has 1 saturated heterocycles. The van der Waals surface area contributed by atoms with Gasteiger partial charge in [-0.1, -0.05) is 11.2 Å². The molecule has 0 saturated carbocycles. The van der Waals surface area contributed by atoms with Gasteiger partial charge in [0.2, 0.25) is 27.6 Å². The summed E-state index contributed by atoms with van der Waals surface area (Å²) in [4.78, 5) is 19.9. The molecule has 0 unspecified atom stereocenters. The fourth-order valence-electron chi connectivity index (χ4n) is 3.16. The van der Waals surface area contributed by atoms with Gasteiger partial charge in [0, 0.05) is 25.6 Å². The Labute approximate surface area is 163 Å². The molecular weight excluding hydrogens is 388 g/mol. The van der Waals surface area contributed by atoms with Crippen LogP contribution in [0.3, 0.4) is 0 Å². The van der Waals surface area contributed by atoms with Crippen molar-refractivity contribution in [3.63, 3.8) is 0 Å². The van der Waals surface area contributed by atoms with E-state index < -0.39 is 10.0 Å². The van der Waals surface area contributed by atoms with Crippen molar-refractivity contribution < 1.29 is 17.7 Å². The van der Waals surface area contributed by atoms with Gasteiger partial charge < -0.3 is 9.42 Å². The van der Waals surface area contributed by atoms with E-state index in [1.54, 1.807) is 11.8 Å². The Hall–Kier alpha value is -1.78. The molecular formula is C17H24N4O4S2. The smallest absolute Gasteiger partial charge is 0.246 e. The van der Waals surface area contributed by atoms with E-state index in [1.165, 1.54) is 15.6 Å². The summed E-state index contributed by atoms with van der Waals surface area (Å²) in [7, 11) is -3.19. The molecule has 10 heteroatoms. The average molecular weight is 413 g/mol. The molecule has 1 aliphatic heterocycles. The van der Waals surface area contributed by atoms with Crippen molar-refractivity contribution in [3.8, 4) is 10.7 Å². The molecule has 3 heterocycles. The van der Waals surface area contributed by atoms with Gasteiger partial charge in [0.15, 0.2) is 0 Å². The molecule has 0 bridgehead atoms. The Morgan fingerprint density at radius 3 is 2.70 bits per heavy atom. The first-order valence-electron chi connectivity index (χ1n) is 9.07. The zero-order chi connectivity index (χ0) is 19.4. The first kappa shape index (κ1) is 20.0. The Kier molecular flexibility index (Phi) is 6.28. The number of carbonyl (C=O) groups is 1. The lowest BCUT2D eigenvalue weighted by Crippen LogP contribution is -2.44. The maximum Gasteiger partial charge on any atom is 0.246 e. The number of hydrogen-bond acceptors (Lipinski definition) is 7. The molecule has 0 spiro atoms. The monoisotopic (exact) mass is 412 g/mol. The van der Waals surface area contributed by atoms with Crippen LogP contribution in [0.1, 0.15) is 32.6 Å². The van der Waals surface area contributed by atoms with Gasteiger partial charge in [0.05, 0.1) is 17.2 Å². The molecule has 27 heavy (non-hydrogen) atoms. The van der Waals surface area contributed by atoms with Crippen LogP contribution >= 0.6 is 11.3 Å².